The summed E-state index contributed by atoms with van der Waals surface area (Å²) in [6.45, 7) is 0.480. The third-order valence-electron chi connectivity index (χ3n) is 3.27. The summed E-state index contributed by atoms with van der Waals surface area (Å²) in [5, 5.41) is 19.0. The van der Waals surface area contributed by atoms with Crippen LogP contribution in [0.5, 0.6) is 0 Å². The van der Waals surface area contributed by atoms with Crippen molar-refractivity contribution in [3.05, 3.63) is 41.9 Å². The zero-order chi connectivity index (χ0) is 14.3. The van der Waals surface area contributed by atoms with E-state index < -0.39 is 18.6 Å². The fourth-order valence-corrected chi connectivity index (χ4v) is 3.60. The molecule has 3 rings (SSSR count). The smallest absolute Gasteiger partial charge is 0.352 e. The predicted molar refractivity (Wildman–Crippen MR) is 70.0 cm³/mol. The summed E-state index contributed by atoms with van der Waals surface area (Å²) in [5.41, 5.74) is 0.919. The Morgan fingerprint density at radius 2 is 2.26 bits per heavy atom. The minimum absolute atomic E-state index is 0.154. The molecule has 0 amide bonds. The van der Waals surface area contributed by atoms with Gasteiger partial charge in [0.15, 0.2) is 18.9 Å². The fraction of sp³-hybridized carbons (Fsp3) is 0.385. The van der Waals surface area contributed by atoms with Gasteiger partial charge in [-0.15, -0.1) is 11.8 Å². The van der Waals surface area contributed by atoms with Gasteiger partial charge in [0.2, 0.25) is 0 Å². The van der Waals surface area contributed by atoms with Gasteiger partial charge in [-0.3, -0.25) is 0 Å². The van der Waals surface area contributed by atoms with Gasteiger partial charge in [-0.25, -0.2) is 9.36 Å². The molecule has 3 atom stereocenters. The molecule has 0 saturated carbocycles. The number of carboxylic acid groups (broad SMARTS) is 1. The van der Waals surface area contributed by atoms with Crippen molar-refractivity contribution >= 4 is 17.7 Å². The van der Waals surface area contributed by atoms with Crippen molar-refractivity contribution in [3.63, 3.8) is 0 Å². The lowest BCUT2D eigenvalue weighted by atomic mass is 10.1. The maximum atomic E-state index is 11.5. The van der Waals surface area contributed by atoms with Gasteiger partial charge in [-0.1, -0.05) is 6.07 Å². The van der Waals surface area contributed by atoms with Crippen LogP contribution in [-0.4, -0.2) is 38.4 Å². The van der Waals surface area contributed by atoms with E-state index in [1.807, 2.05) is 35.2 Å². The molecular weight excluding hydrogens is 264 g/mol. The summed E-state index contributed by atoms with van der Waals surface area (Å²) < 4.78 is 9.64. The molecule has 5 nitrogen and oxygen atoms in total. The number of thioether (sulfide) groups is 1. The Kier molecular flexibility index (Phi) is 2.89. The van der Waals surface area contributed by atoms with E-state index in [1.165, 1.54) is 16.7 Å². The van der Waals surface area contributed by atoms with Gasteiger partial charge < -0.3 is 15.1 Å². The highest BCUT2D eigenvalue weighted by Crippen LogP contribution is 2.42. The maximum Gasteiger partial charge on any atom is 0.352 e. The lowest BCUT2D eigenvalue weighted by molar-refractivity contribution is -0.689. The zero-order valence-electron chi connectivity index (χ0n) is 11.1. The Labute approximate surface area is 116 Å². The molecule has 100 valence electrons. The highest BCUT2D eigenvalue weighted by Gasteiger charge is 2.45. The number of aliphatic hydroxyl groups excluding tert-OH is 1. The second-order valence-electron chi connectivity index (χ2n) is 4.52. The van der Waals surface area contributed by atoms with Crippen molar-refractivity contribution in [3.8, 4) is 0 Å². The van der Waals surface area contributed by atoms with E-state index in [4.69, 9.17) is 1.37 Å². The van der Waals surface area contributed by atoms with Gasteiger partial charge in [0.1, 0.15) is 11.9 Å². The van der Waals surface area contributed by atoms with E-state index in [0.29, 0.717) is 12.3 Å². The van der Waals surface area contributed by atoms with Crippen LogP contribution in [0.3, 0.4) is 0 Å². The number of nitrogens with zero attached hydrogens (tertiary/aromatic N) is 2. The molecule has 19 heavy (non-hydrogen) atoms. The largest absolute Gasteiger partial charge is 0.477 e. The van der Waals surface area contributed by atoms with Crippen LogP contribution in [0.25, 0.3) is 0 Å². The summed E-state index contributed by atoms with van der Waals surface area (Å²) in [4.78, 5) is 13.0. The second-order valence-corrected chi connectivity index (χ2v) is 5.63. The van der Waals surface area contributed by atoms with E-state index in [-0.39, 0.29) is 11.1 Å². The van der Waals surface area contributed by atoms with Gasteiger partial charge in [0.25, 0.3) is 0 Å². The van der Waals surface area contributed by atoms with Gasteiger partial charge in [-0.05, 0) is 0 Å². The first-order valence-corrected chi connectivity index (χ1v) is 7.04. The van der Waals surface area contributed by atoms with E-state index in [0.717, 1.165) is 5.57 Å². The number of pyridine rings is 1. The van der Waals surface area contributed by atoms with Crippen LogP contribution < -0.4 is 4.57 Å². The first-order valence-electron chi connectivity index (χ1n) is 6.57. The number of aromatic nitrogens is 1. The molecular formula is C13H15N2O3S+. The molecule has 3 heterocycles. The molecule has 6 heteroatoms. The number of carboxylic acids is 1. The summed E-state index contributed by atoms with van der Waals surface area (Å²) in [6.07, 6.45) is 2.10. The molecule has 0 bridgehead atoms. The second kappa shape index (κ2) is 4.86. The van der Waals surface area contributed by atoms with Crippen LogP contribution in [0.2, 0.25) is 0 Å². The third kappa shape index (κ3) is 2.21. The van der Waals surface area contributed by atoms with Crippen LogP contribution in [0.1, 0.15) is 7.77 Å². The number of aliphatic carboxylic acids is 1. The number of hydrogen-bond donors (Lipinski definition) is 2. The van der Waals surface area contributed by atoms with Gasteiger partial charge in [0, 0.05) is 31.2 Å². The van der Waals surface area contributed by atoms with Crippen molar-refractivity contribution in [2.45, 2.75) is 24.5 Å². The van der Waals surface area contributed by atoms with Crippen molar-refractivity contribution in [2.75, 3.05) is 5.75 Å². The lowest BCUT2D eigenvalue weighted by Gasteiger charge is -2.49. The molecule has 0 radical (unpaired) electrons. The highest BCUT2D eigenvalue weighted by molar-refractivity contribution is 8.00. The molecule has 0 aromatic carbocycles. The minimum atomic E-state index is -1.03. The Hall–Kier alpha value is -1.53. The van der Waals surface area contributed by atoms with Crippen molar-refractivity contribution in [2.24, 2.45) is 0 Å². The van der Waals surface area contributed by atoms with Crippen molar-refractivity contribution < 1.29 is 20.9 Å². The molecule has 0 aliphatic carbocycles. The van der Waals surface area contributed by atoms with E-state index in [2.05, 4.69) is 0 Å². The van der Waals surface area contributed by atoms with Crippen LogP contribution in [0.4, 0.5) is 0 Å². The summed E-state index contributed by atoms with van der Waals surface area (Å²) in [5.74, 6) is -0.458. The van der Waals surface area contributed by atoms with Crippen molar-refractivity contribution in [1.29, 1.82) is 0 Å². The number of hydrogen-bond acceptors (Lipinski definition) is 4. The average Bonchev–Trinajstić information content (AvgIpc) is 2.46. The minimum Gasteiger partial charge on any atom is -0.477 e. The summed E-state index contributed by atoms with van der Waals surface area (Å²) in [6, 6.07) is 5.68. The van der Waals surface area contributed by atoms with Gasteiger partial charge >= 0.3 is 5.97 Å². The Balaban J connectivity index is 1.92. The first kappa shape index (κ1) is 11.3. The molecule has 0 spiro atoms. The number of rotatable bonds is 3. The Morgan fingerprint density at radius 1 is 1.53 bits per heavy atom. The predicted octanol–water partition coefficient (Wildman–Crippen LogP) is 0.410. The topological polar surface area (TPSA) is 64.6 Å². The maximum absolute atomic E-state index is 11.5. The monoisotopic (exact) mass is 280 g/mol. The molecule has 2 aliphatic rings. The Morgan fingerprint density at radius 3 is 2.95 bits per heavy atom. The molecule has 1 fully saturated rings. The lowest BCUT2D eigenvalue weighted by Crippen LogP contribution is -2.57. The van der Waals surface area contributed by atoms with Gasteiger partial charge in [-0.2, -0.15) is 0 Å². The zero-order valence-corrected chi connectivity index (χ0v) is 11.0. The SMILES string of the molecule is [2H][C@H]1C(O)N2C(C(=O)O)=C(C[n+]3ccccc3)CS[C@H]12. The molecule has 1 aromatic heterocycles. The van der Waals surface area contributed by atoms with E-state index >= 15 is 0 Å². The molecule has 2 N–H and O–H groups in total. The number of carbonyl (C=O) groups is 1. The fourth-order valence-electron chi connectivity index (χ4n) is 2.36. The molecule has 2 aliphatic heterocycles. The highest BCUT2D eigenvalue weighted by atomic mass is 32.2. The first-order chi connectivity index (χ1) is 9.59. The summed E-state index contributed by atoms with van der Waals surface area (Å²) >= 11 is 1.52. The number of fused-ring (bicyclic) bond motifs is 1. The van der Waals surface area contributed by atoms with Gasteiger partial charge in [0.05, 0.1) is 5.37 Å². The van der Waals surface area contributed by atoms with Crippen LogP contribution in [0.15, 0.2) is 41.9 Å². The summed E-state index contributed by atoms with van der Waals surface area (Å²) in [7, 11) is 0. The Bertz CT molecular complexity index is 566. The van der Waals surface area contributed by atoms with Crippen LogP contribution in [0, 0.1) is 0 Å². The van der Waals surface area contributed by atoms with Crippen molar-refractivity contribution in [1.82, 2.24) is 4.90 Å². The third-order valence-corrected chi connectivity index (χ3v) is 4.51. The standard InChI is InChI=1S/C13H14N2O3S/c16-10-6-11-15(10)12(13(17)18)9(8-19-11)7-14-4-2-1-3-5-14/h1-5,10-11,16H,6-8H2/p+1/t10?,11-/m1/s1/i6D/t6-,10?,11+/m0. The normalized spacial score (nSPS) is 30.5. The van der Waals surface area contributed by atoms with E-state index in [9.17, 15) is 15.0 Å². The van der Waals surface area contributed by atoms with Crippen LogP contribution >= 0.6 is 11.8 Å². The van der Waals surface area contributed by atoms with E-state index in [1.54, 1.807) is 0 Å². The van der Waals surface area contributed by atoms with Crippen LogP contribution in [-0.2, 0) is 11.3 Å². The molecule has 1 aromatic rings. The average molecular weight is 280 g/mol. The molecule has 1 unspecified atom stereocenters. The number of aliphatic hydroxyl groups is 1. The quantitative estimate of drug-likeness (QED) is 0.785. The molecule has 1 saturated heterocycles.